The zero-order valence-electron chi connectivity index (χ0n) is 13.7. The zero-order valence-corrected chi connectivity index (χ0v) is 15.4. The van der Waals surface area contributed by atoms with Gasteiger partial charge in [0.25, 0.3) is 0 Å². The van der Waals surface area contributed by atoms with Gasteiger partial charge in [-0.3, -0.25) is 0 Å². The van der Waals surface area contributed by atoms with Gasteiger partial charge in [-0.05, 0) is 43.4 Å². The molecule has 0 radical (unpaired) electrons. The first-order chi connectivity index (χ1) is 9.50. The Morgan fingerprint density at radius 1 is 1.33 bits per heavy atom. The molecule has 1 rings (SSSR count). The summed E-state index contributed by atoms with van der Waals surface area (Å²) in [6.45, 7) is 8.29. The lowest BCUT2D eigenvalue weighted by atomic mass is 9.76. The van der Waals surface area contributed by atoms with Gasteiger partial charge >= 0.3 is 0 Å². The highest BCUT2D eigenvalue weighted by molar-refractivity contribution is 7.89. The SMILES string of the molecule is CCC1CCC(NS(=O)(=O)CCC(C)(C)C)(C(N)=S)CC1. The maximum Gasteiger partial charge on any atom is 0.212 e. The molecular weight excluding hydrogens is 304 g/mol. The fourth-order valence-corrected chi connectivity index (χ4v) is 4.98. The quantitative estimate of drug-likeness (QED) is 0.733. The molecule has 0 heterocycles. The van der Waals surface area contributed by atoms with Crippen LogP contribution in [0, 0.1) is 11.3 Å². The molecule has 0 aliphatic heterocycles. The highest BCUT2D eigenvalue weighted by atomic mass is 32.2. The van der Waals surface area contributed by atoms with Crippen LogP contribution in [0.1, 0.15) is 66.2 Å². The zero-order chi connectivity index (χ0) is 16.3. The molecule has 1 aliphatic rings. The highest BCUT2D eigenvalue weighted by Crippen LogP contribution is 2.34. The third kappa shape index (κ3) is 5.83. The van der Waals surface area contributed by atoms with Crippen LogP contribution >= 0.6 is 12.2 Å². The smallest absolute Gasteiger partial charge is 0.212 e. The minimum Gasteiger partial charge on any atom is -0.392 e. The van der Waals surface area contributed by atoms with Gasteiger partial charge in [-0.1, -0.05) is 46.3 Å². The summed E-state index contributed by atoms with van der Waals surface area (Å²) in [6, 6.07) is 0. The summed E-state index contributed by atoms with van der Waals surface area (Å²) in [5.41, 5.74) is 5.16. The summed E-state index contributed by atoms with van der Waals surface area (Å²) in [5, 5.41) is 0. The lowest BCUT2D eigenvalue weighted by Crippen LogP contribution is -2.58. The molecular formula is C15H30N2O2S2. The van der Waals surface area contributed by atoms with E-state index in [0.29, 0.717) is 12.3 Å². The molecule has 21 heavy (non-hydrogen) atoms. The van der Waals surface area contributed by atoms with Gasteiger partial charge in [0.2, 0.25) is 10.0 Å². The summed E-state index contributed by atoms with van der Waals surface area (Å²) in [4.78, 5) is 0.288. The van der Waals surface area contributed by atoms with Crippen molar-refractivity contribution in [2.24, 2.45) is 17.1 Å². The molecule has 0 atom stereocenters. The van der Waals surface area contributed by atoms with E-state index < -0.39 is 15.6 Å². The van der Waals surface area contributed by atoms with Gasteiger partial charge in [0.15, 0.2) is 0 Å². The second kappa shape index (κ2) is 6.92. The molecule has 0 aromatic carbocycles. The summed E-state index contributed by atoms with van der Waals surface area (Å²) in [6.07, 6.45) is 5.15. The fraction of sp³-hybridized carbons (Fsp3) is 0.933. The van der Waals surface area contributed by atoms with Crippen molar-refractivity contribution >= 4 is 27.2 Å². The van der Waals surface area contributed by atoms with Gasteiger partial charge in [-0.2, -0.15) is 0 Å². The van der Waals surface area contributed by atoms with Gasteiger partial charge < -0.3 is 5.73 Å². The molecule has 1 fully saturated rings. The summed E-state index contributed by atoms with van der Waals surface area (Å²) >= 11 is 5.18. The number of nitrogens with one attached hydrogen (secondary N) is 1. The number of hydrogen-bond donors (Lipinski definition) is 2. The number of sulfonamides is 1. The predicted molar refractivity (Wildman–Crippen MR) is 92.8 cm³/mol. The molecule has 0 unspecified atom stereocenters. The number of thiocarbonyl (C=S) groups is 1. The van der Waals surface area contributed by atoms with E-state index in [4.69, 9.17) is 18.0 Å². The van der Waals surface area contributed by atoms with Gasteiger partial charge in [0.1, 0.15) is 0 Å². The van der Waals surface area contributed by atoms with Crippen molar-refractivity contribution < 1.29 is 8.42 Å². The minimum atomic E-state index is -3.36. The summed E-state index contributed by atoms with van der Waals surface area (Å²) in [7, 11) is -3.36. The Morgan fingerprint density at radius 2 is 1.86 bits per heavy atom. The van der Waals surface area contributed by atoms with Crippen molar-refractivity contribution in [3.63, 3.8) is 0 Å². The molecule has 0 aromatic rings. The average molecular weight is 335 g/mol. The summed E-state index contributed by atoms with van der Waals surface area (Å²) in [5.74, 6) is 0.782. The van der Waals surface area contributed by atoms with Crippen LogP contribution in [0.15, 0.2) is 0 Å². The molecule has 3 N–H and O–H groups in total. The van der Waals surface area contributed by atoms with Crippen molar-refractivity contribution in [2.75, 3.05) is 5.75 Å². The monoisotopic (exact) mass is 334 g/mol. The van der Waals surface area contributed by atoms with Crippen LogP contribution in [0.3, 0.4) is 0 Å². The molecule has 0 aromatic heterocycles. The van der Waals surface area contributed by atoms with Gasteiger partial charge in [-0.15, -0.1) is 0 Å². The van der Waals surface area contributed by atoms with Gasteiger partial charge in [0, 0.05) is 0 Å². The molecule has 0 bridgehead atoms. The van der Waals surface area contributed by atoms with E-state index in [1.54, 1.807) is 0 Å². The first kappa shape index (κ1) is 18.8. The van der Waals surface area contributed by atoms with Crippen LogP contribution in [-0.4, -0.2) is 24.7 Å². The fourth-order valence-electron chi connectivity index (χ4n) is 2.77. The Kier molecular flexibility index (Phi) is 6.21. The largest absolute Gasteiger partial charge is 0.392 e. The van der Waals surface area contributed by atoms with Crippen molar-refractivity contribution in [3.8, 4) is 0 Å². The van der Waals surface area contributed by atoms with Crippen LogP contribution in [-0.2, 0) is 10.0 Å². The van der Waals surface area contributed by atoms with Gasteiger partial charge in [0.05, 0.1) is 16.3 Å². The van der Waals surface area contributed by atoms with Crippen LogP contribution in [0.25, 0.3) is 0 Å². The van der Waals surface area contributed by atoms with Crippen molar-refractivity contribution in [3.05, 3.63) is 0 Å². The van der Waals surface area contributed by atoms with E-state index in [9.17, 15) is 8.42 Å². The Labute approximate surface area is 135 Å². The predicted octanol–water partition coefficient (Wildman–Crippen LogP) is 2.97. The maximum absolute atomic E-state index is 12.4. The Morgan fingerprint density at radius 3 is 2.24 bits per heavy atom. The standard InChI is InChI=1S/C15H30N2O2S2/c1-5-12-6-8-15(9-7-12,13(16)20)17-21(18,19)11-10-14(2,3)4/h12,17H,5-11H2,1-4H3,(H2,16,20). The maximum atomic E-state index is 12.4. The number of hydrogen-bond acceptors (Lipinski definition) is 3. The summed E-state index contributed by atoms with van der Waals surface area (Å²) < 4.78 is 27.6. The molecule has 0 spiro atoms. The van der Waals surface area contributed by atoms with Crippen molar-refractivity contribution in [1.82, 2.24) is 4.72 Å². The molecule has 1 aliphatic carbocycles. The Bertz CT molecular complexity index is 459. The second-order valence-electron chi connectivity index (χ2n) is 7.53. The molecule has 0 amide bonds. The first-order valence-corrected chi connectivity index (χ1v) is 9.87. The van der Waals surface area contributed by atoms with E-state index >= 15 is 0 Å². The highest BCUT2D eigenvalue weighted by Gasteiger charge is 2.40. The van der Waals surface area contributed by atoms with Crippen molar-refractivity contribution in [1.29, 1.82) is 0 Å². The van der Waals surface area contributed by atoms with Crippen LogP contribution in [0.2, 0.25) is 0 Å². The molecule has 1 saturated carbocycles. The molecule has 124 valence electrons. The van der Waals surface area contributed by atoms with E-state index in [1.807, 2.05) is 20.8 Å². The van der Waals surface area contributed by atoms with E-state index in [2.05, 4.69) is 11.6 Å². The van der Waals surface area contributed by atoms with E-state index in [1.165, 1.54) is 0 Å². The Hall–Kier alpha value is -0.200. The second-order valence-corrected chi connectivity index (χ2v) is 9.81. The van der Waals surface area contributed by atoms with Gasteiger partial charge in [-0.25, -0.2) is 13.1 Å². The average Bonchev–Trinajstić information content (AvgIpc) is 2.36. The lowest BCUT2D eigenvalue weighted by Gasteiger charge is -2.39. The molecule has 4 nitrogen and oxygen atoms in total. The molecule has 6 heteroatoms. The van der Waals surface area contributed by atoms with Crippen LogP contribution in [0.4, 0.5) is 0 Å². The Balaban J connectivity index is 2.77. The van der Waals surface area contributed by atoms with Crippen molar-refractivity contribution in [2.45, 2.75) is 71.8 Å². The van der Waals surface area contributed by atoms with E-state index in [-0.39, 0.29) is 16.2 Å². The topological polar surface area (TPSA) is 72.2 Å². The normalized spacial score (nSPS) is 27.5. The number of nitrogens with two attached hydrogens (primary N) is 1. The third-order valence-corrected chi connectivity index (χ3v) is 6.31. The number of rotatable bonds is 6. The molecule has 0 saturated heterocycles. The lowest BCUT2D eigenvalue weighted by molar-refractivity contribution is 0.268. The van der Waals surface area contributed by atoms with E-state index in [0.717, 1.165) is 32.1 Å². The minimum absolute atomic E-state index is 0.00892. The van der Waals surface area contributed by atoms with Crippen LogP contribution < -0.4 is 10.5 Å². The third-order valence-electron chi connectivity index (χ3n) is 4.48. The first-order valence-electron chi connectivity index (χ1n) is 7.81. The van der Waals surface area contributed by atoms with Crippen LogP contribution in [0.5, 0.6) is 0 Å².